The summed E-state index contributed by atoms with van der Waals surface area (Å²) in [6.07, 6.45) is 9.08. The van der Waals surface area contributed by atoms with Crippen molar-refractivity contribution in [3.8, 4) is 0 Å². The molecule has 1 saturated heterocycles. The van der Waals surface area contributed by atoms with Gasteiger partial charge in [-0.25, -0.2) is 0 Å². The lowest BCUT2D eigenvalue weighted by molar-refractivity contribution is 0.726. The maximum Gasteiger partial charge on any atom is -0.0179 e. The molecule has 0 unspecified atom stereocenters. The Labute approximate surface area is 72.5 Å². The van der Waals surface area contributed by atoms with E-state index in [0.29, 0.717) is 13.1 Å². The molecule has 0 aromatic rings. The molecule has 66 valence electrons. The second kappa shape index (κ2) is 3.90. The third-order valence-electron chi connectivity index (χ3n) is 2.55. The first-order valence-electron chi connectivity index (χ1n) is 4.86. The summed E-state index contributed by atoms with van der Waals surface area (Å²) in [5.74, 6) is 0. The maximum atomic E-state index is 2.42. The molecule has 0 aromatic heterocycles. The summed E-state index contributed by atoms with van der Waals surface area (Å²) in [7, 11) is 0.361. The van der Waals surface area contributed by atoms with Gasteiger partial charge in [-0.15, -0.1) is 7.92 Å². The van der Waals surface area contributed by atoms with Crippen LogP contribution in [0.15, 0.2) is 0 Å². The quantitative estimate of drug-likeness (QED) is 0.487. The van der Waals surface area contributed by atoms with Gasteiger partial charge >= 0.3 is 0 Å². The van der Waals surface area contributed by atoms with Crippen molar-refractivity contribution in [1.82, 2.24) is 0 Å². The minimum absolute atomic E-state index is 0.361. The van der Waals surface area contributed by atoms with Gasteiger partial charge in [0.1, 0.15) is 0 Å². The molecule has 0 N–H and O–H groups in total. The van der Waals surface area contributed by atoms with E-state index < -0.39 is 0 Å². The van der Waals surface area contributed by atoms with Crippen LogP contribution >= 0.6 is 7.92 Å². The Hall–Kier alpha value is 0.430. The number of hydrogen-bond acceptors (Lipinski definition) is 0. The highest BCUT2D eigenvalue weighted by Gasteiger charge is 2.23. The van der Waals surface area contributed by atoms with Crippen LogP contribution in [0.3, 0.4) is 0 Å². The molecule has 1 heterocycles. The Morgan fingerprint density at radius 2 is 1.27 bits per heavy atom. The zero-order chi connectivity index (χ0) is 8.32. The first kappa shape index (κ1) is 9.52. The number of rotatable bonds is 0. The van der Waals surface area contributed by atoms with Crippen LogP contribution in [-0.4, -0.2) is 17.5 Å². The summed E-state index contributed by atoms with van der Waals surface area (Å²) < 4.78 is 0. The topological polar surface area (TPSA) is 0 Å². The summed E-state index contributed by atoms with van der Waals surface area (Å²) in [5, 5.41) is 0.625. The molecule has 0 aromatic carbocycles. The molecule has 0 spiro atoms. The summed E-state index contributed by atoms with van der Waals surface area (Å²) in [6, 6.07) is 0. The van der Waals surface area contributed by atoms with E-state index in [9.17, 15) is 0 Å². The van der Waals surface area contributed by atoms with Crippen LogP contribution in [0.25, 0.3) is 0 Å². The van der Waals surface area contributed by atoms with Crippen LogP contribution in [0.2, 0.25) is 0 Å². The van der Waals surface area contributed by atoms with Gasteiger partial charge in [0, 0.05) is 0 Å². The first-order valence-corrected chi connectivity index (χ1v) is 6.57. The molecular weight excluding hydrogens is 151 g/mol. The van der Waals surface area contributed by atoms with Gasteiger partial charge < -0.3 is 0 Å². The van der Waals surface area contributed by atoms with Gasteiger partial charge in [-0.2, -0.15) is 0 Å². The molecule has 0 atom stereocenters. The molecule has 0 aliphatic carbocycles. The Balaban J connectivity index is 2.43. The fourth-order valence-electron chi connectivity index (χ4n) is 1.74. The minimum Gasteiger partial charge on any atom is -0.101 e. The molecule has 1 fully saturated rings. The SMILES string of the molecule is CC(C)(C)P1CCCCCC1. The molecule has 1 aliphatic rings. The van der Waals surface area contributed by atoms with E-state index in [2.05, 4.69) is 20.8 Å². The van der Waals surface area contributed by atoms with Crippen molar-refractivity contribution >= 4 is 7.92 Å². The highest BCUT2D eigenvalue weighted by atomic mass is 31.1. The lowest BCUT2D eigenvalue weighted by Crippen LogP contribution is -2.14. The van der Waals surface area contributed by atoms with Crippen molar-refractivity contribution < 1.29 is 0 Å². The lowest BCUT2D eigenvalue weighted by Gasteiger charge is -2.30. The minimum atomic E-state index is 0.361. The second-order valence-corrected chi connectivity index (χ2v) is 7.89. The van der Waals surface area contributed by atoms with Crippen molar-refractivity contribution in [2.45, 2.75) is 51.6 Å². The second-order valence-electron chi connectivity index (χ2n) is 4.57. The van der Waals surface area contributed by atoms with Gasteiger partial charge in [0.15, 0.2) is 0 Å². The largest absolute Gasteiger partial charge is 0.101 e. The molecule has 0 amide bonds. The van der Waals surface area contributed by atoms with Gasteiger partial charge in [0.2, 0.25) is 0 Å². The van der Waals surface area contributed by atoms with Crippen LogP contribution in [0.1, 0.15) is 46.5 Å². The van der Waals surface area contributed by atoms with Crippen molar-refractivity contribution in [2.75, 3.05) is 12.3 Å². The third kappa shape index (κ3) is 3.11. The van der Waals surface area contributed by atoms with Crippen molar-refractivity contribution in [1.29, 1.82) is 0 Å². The van der Waals surface area contributed by atoms with E-state index in [4.69, 9.17) is 0 Å². The fourth-order valence-corrected chi connectivity index (χ4v) is 4.52. The summed E-state index contributed by atoms with van der Waals surface area (Å²) >= 11 is 0. The van der Waals surface area contributed by atoms with Crippen LogP contribution < -0.4 is 0 Å². The zero-order valence-electron chi connectivity index (χ0n) is 8.19. The zero-order valence-corrected chi connectivity index (χ0v) is 9.08. The molecule has 0 nitrogen and oxygen atoms in total. The monoisotopic (exact) mass is 172 g/mol. The summed E-state index contributed by atoms with van der Waals surface area (Å²) in [6.45, 7) is 7.26. The van der Waals surface area contributed by atoms with E-state index in [1.54, 1.807) is 12.3 Å². The molecule has 11 heavy (non-hydrogen) atoms. The van der Waals surface area contributed by atoms with Crippen molar-refractivity contribution in [3.05, 3.63) is 0 Å². The summed E-state index contributed by atoms with van der Waals surface area (Å²) in [5.41, 5.74) is 0. The normalized spacial score (nSPS) is 23.2. The van der Waals surface area contributed by atoms with Gasteiger partial charge in [-0.1, -0.05) is 33.6 Å². The van der Waals surface area contributed by atoms with Crippen LogP contribution in [0.5, 0.6) is 0 Å². The van der Waals surface area contributed by atoms with Gasteiger partial charge in [-0.05, 0) is 30.3 Å². The Morgan fingerprint density at radius 1 is 0.818 bits per heavy atom. The first-order chi connectivity index (χ1) is 5.11. The Morgan fingerprint density at radius 3 is 1.64 bits per heavy atom. The highest BCUT2D eigenvalue weighted by molar-refractivity contribution is 7.59. The van der Waals surface area contributed by atoms with Crippen molar-refractivity contribution in [2.24, 2.45) is 0 Å². The van der Waals surface area contributed by atoms with E-state index in [1.807, 2.05) is 0 Å². The third-order valence-corrected chi connectivity index (χ3v) is 6.16. The van der Waals surface area contributed by atoms with Crippen LogP contribution in [0, 0.1) is 0 Å². The van der Waals surface area contributed by atoms with Gasteiger partial charge in [0.25, 0.3) is 0 Å². The molecule has 1 rings (SSSR count). The fraction of sp³-hybridized carbons (Fsp3) is 1.00. The lowest BCUT2D eigenvalue weighted by atomic mass is 10.2. The Kier molecular flexibility index (Phi) is 3.37. The van der Waals surface area contributed by atoms with Gasteiger partial charge in [0.05, 0.1) is 0 Å². The predicted octanol–water partition coefficient (Wildman–Crippen LogP) is 3.84. The average Bonchev–Trinajstić information content (AvgIpc) is 2.10. The van der Waals surface area contributed by atoms with E-state index in [-0.39, 0.29) is 0 Å². The van der Waals surface area contributed by atoms with Gasteiger partial charge in [-0.3, -0.25) is 0 Å². The highest BCUT2D eigenvalue weighted by Crippen LogP contribution is 2.51. The van der Waals surface area contributed by atoms with E-state index in [1.165, 1.54) is 25.7 Å². The summed E-state index contributed by atoms with van der Waals surface area (Å²) in [4.78, 5) is 0. The van der Waals surface area contributed by atoms with Crippen LogP contribution in [0.4, 0.5) is 0 Å². The Bertz CT molecular complexity index is 105. The molecule has 0 radical (unpaired) electrons. The standard InChI is InChI=1S/C10H21P/c1-10(2,3)11-8-6-4-5-7-9-11/h4-9H2,1-3H3. The molecule has 1 aliphatic heterocycles. The van der Waals surface area contributed by atoms with E-state index in [0.717, 1.165) is 0 Å². The molecule has 1 heteroatoms. The molecule has 0 bridgehead atoms. The van der Waals surface area contributed by atoms with Crippen LogP contribution in [-0.2, 0) is 0 Å². The molecule has 0 saturated carbocycles. The number of hydrogen-bond donors (Lipinski definition) is 0. The average molecular weight is 172 g/mol. The smallest absolute Gasteiger partial charge is 0.0179 e. The molecular formula is C10H21P. The van der Waals surface area contributed by atoms with Crippen molar-refractivity contribution in [3.63, 3.8) is 0 Å². The van der Waals surface area contributed by atoms with E-state index >= 15 is 0 Å². The maximum absolute atomic E-state index is 2.42. The predicted molar refractivity (Wildman–Crippen MR) is 54.9 cm³/mol.